The molecule has 29 heavy (non-hydrogen) atoms. The highest BCUT2D eigenvalue weighted by atomic mass is 16.5. The Kier molecular flexibility index (Phi) is 6.85. The molecule has 0 bridgehead atoms. The highest BCUT2D eigenvalue weighted by Crippen LogP contribution is 2.19. The predicted molar refractivity (Wildman–Crippen MR) is 118 cm³/mol. The Labute approximate surface area is 172 Å². The van der Waals surface area contributed by atoms with Crippen molar-refractivity contribution < 1.29 is 9.53 Å². The molecular formula is C24H27N3O2. The second-order valence-corrected chi connectivity index (χ2v) is 7.05. The van der Waals surface area contributed by atoms with Gasteiger partial charge in [0.1, 0.15) is 11.4 Å². The predicted octanol–water partition coefficient (Wildman–Crippen LogP) is 5.15. The smallest absolute Gasteiger partial charge is 0.274 e. The standard InChI is InChI=1S/C24H27N3O2/c1-4-27(17-19-8-6-5-7-9-19)21-12-15-23(25-16-21)24(28)26-20-10-13-22(14-11-20)29-18(2)3/h5-16,18H,4,17H2,1-3H3,(H,26,28). The van der Waals surface area contributed by atoms with Gasteiger partial charge in [-0.1, -0.05) is 30.3 Å². The number of amides is 1. The lowest BCUT2D eigenvalue weighted by molar-refractivity contribution is 0.102. The van der Waals surface area contributed by atoms with E-state index in [0.717, 1.165) is 24.5 Å². The Hall–Kier alpha value is -3.34. The van der Waals surface area contributed by atoms with Crippen LogP contribution in [0.15, 0.2) is 72.9 Å². The number of hydrogen-bond acceptors (Lipinski definition) is 4. The van der Waals surface area contributed by atoms with Crippen molar-refractivity contribution in [1.82, 2.24) is 4.98 Å². The van der Waals surface area contributed by atoms with E-state index in [1.165, 1.54) is 5.56 Å². The number of rotatable bonds is 8. The number of ether oxygens (including phenoxy) is 1. The van der Waals surface area contributed by atoms with Crippen LogP contribution in [0.25, 0.3) is 0 Å². The molecule has 0 aliphatic carbocycles. The molecule has 0 aliphatic rings. The van der Waals surface area contributed by atoms with Crippen molar-refractivity contribution in [3.63, 3.8) is 0 Å². The molecule has 0 aliphatic heterocycles. The number of pyridine rings is 1. The largest absolute Gasteiger partial charge is 0.491 e. The molecule has 3 rings (SSSR count). The van der Waals surface area contributed by atoms with Crippen molar-refractivity contribution >= 4 is 17.3 Å². The highest BCUT2D eigenvalue weighted by molar-refractivity contribution is 6.02. The number of aromatic nitrogens is 1. The van der Waals surface area contributed by atoms with Crippen molar-refractivity contribution in [1.29, 1.82) is 0 Å². The lowest BCUT2D eigenvalue weighted by Gasteiger charge is -2.23. The van der Waals surface area contributed by atoms with Gasteiger partial charge in [0, 0.05) is 18.8 Å². The maximum Gasteiger partial charge on any atom is 0.274 e. The summed E-state index contributed by atoms with van der Waals surface area (Å²) in [7, 11) is 0. The van der Waals surface area contributed by atoms with Crippen molar-refractivity contribution in [3.05, 3.63) is 84.2 Å². The van der Waals surface area contributed by atoms with Gasteiger partial charge in [0.25, 0.3) is 5.91 Å². The normalized spacial score (nSPS) is 10.6. The summed E-state index contributed by atoms with van der Waals surface area (Å²) in [6.07, 6.45) is 1.86. The topological polar surface area (TPSA) is 54.5 Å². The number of anilines is 2. The summed E-state index contributed by atoms with van der Waals surface area (Å²) in [4.78, 5) is 19.1. The van der Waals surface area contributed by atoms with Gasteiger partial charge in [-0.15, -0.1) is 0 Å². The fourth-order valence-electron chi connectivity index (χ4n) is 2.98. The Bertz CT molecular complexity index is 907. The molecule has 0 saturated heterocycles. The molecular weight excluding hydrogens is 362 g/mol. The molecule has 5 heteroatoms. The Balaban J connectivity index is 1.63. The Morgan fingerprint density at radius 1 is 1.03 bits per heavy atom. The number of benzene rings is 2. The van der Waals surface area contributed by atoms with Crippen LogP contribution in [-0.4, -0.2) is 23.5 Å². The second-order valence-electron chi connectivity index (χ2n) is 7.05. The van der Waals surface area contributed by atoms with Crippen LogP contribution in [0.5, 0.6) is 5.75 Å². The summed E-state index contributed by atoms with van der Waals surface area (Å²) < 4.78 is 5.62. The molecule has 0 fully saturated rings. The van der Waals surface area contributed by atoms with Gasteiger partial charge >= 0.3 is 0 Å². The third-order valence-electron chi connectivity index (χ3n) is 4.43. The molecule has 1 N–H and O–H groups in total. The van der Waals surface area contributed by atoms with Gasteiger partial charge in [-0.25, -0.2) is 4.98 Å². The van der Waals surface area contributed by atoms with Gasteiger partial charge in [-0.2, -0.15) is 0 Å². The van der Waals surface area contributed by atoms with Crippen LogP contribution in [-0.2, 0) is 6.54 Å². The molecule has 2 aromatic carbocycles. The summed E-state index contributed by atoms with van der Waals surface area (Å²) in [5, 5.41) is 2.87. The zero-order chi connectivity index (χ0) is 20.6. The van der Waals surface area contributed by atoms with Crippen LogP contribution in [0.2, 0.25) is 0 Å². The maximum absolute atomic E-state index is 12.5. The van der Waals surface area contributed by atoms with Crippen LogP contribution < -0.4 is 15.0 Å². The van der Waals surface area contributed by atoms with E-state index in [1.807, 2.05) is 62.4 Å². The van der Waals surface area contributed by atoms with Crippen LogP contribution >= 0.6 is 0 Å². The number of hydrogen-bond donors (Lipinski definition) is 1. The quantitative estimate of drug-likeness (QED) is 0.579. The lowest BCUT2D eigenvalue weighted by atomic mass is 10.2. The lowest BCUT2D eigenvalue weighted by Crippen LogP contribution is -2.22. The van der Waals surface area contributed by atoms with Crippen LogP contribution in [0.4, 0.5) is 11.4 Å². The summed E-state index contributed by atoms with van der Waals surface area (Å²) >= 11 is 0. The number of nitrogens with zero attached hydrogens (tertiary/aromatic N) is 2. The van der Waals surface area contributed by atoms with Crippen molar-refractivity contribution in [3.8, 4) is 5.75 Å². The molecule has 1 aromatic heterocycles. The average molecular weight is 389 g/mol. The molecule has 5 nitrogen and oxygen atoms in total. The fraction of sp³-hybridized carbons (Fsp3) is 0.250. The van der Waals surface area contributed by atoms with E-state index in [4.69, 9.17) is 4.74 Å². The van der Waals surface area contributed by atoms with E-state index in [2.05, 4.69) is 34.3 Å². The summed E-state index contributed by atoms with van der Waals surface area (Å²) in [6.45, 7) is 7.72. The van der Waals surface area contributed by atoms with E-state index in [9.17, 15) is 4.79 Å². The Morgan fingerprint density at radius 3 is 2.34 bits per heavy atom. The summed E-state index contributed by atoms with van der Waals surface area (Å²) in [6, 6.07) is 21.3. The number of carbonyl (C=O) groups is 1. The minimum absolute atomic E-state index is 0.114. The third kappa shape index (κ3) is 5.82. The van der Waals surface area contributed by atoms with E-state index in [-0.39, 0.29) is 12.0 Å². The van der Waals surface area contributed by atoms with Gasteiger partial charge in [-0.3, -0.25) is 4.79 Å². The van der Waals surface area contributed by atoms with E-state index < -0.39 is 0 Å². The first-order valence-electron chi connectivity index (χ1n) is 9.88. The molecule has 3 aromatic rings. The van der Waals surface area contributed by atoms with E-state index in [0.29, 0.717) is 11.4 Å². The highest BCUT2D eigenvalue weighted by Gasteiger charge is 2.11. The van der Waals surface area contributed by atoms with E-state index in [1.54, 1.807) is 12.3 Å². The van der Waals surface area contributed by atoms with Gasteiger partial charge in [0.05, 0.1) is 18.0 Å². The summed E-state index contributed by atoms with van der Waals surface area (Å²) in [5.41, 5.74) is 3.31. The van der Waals surface area contributed by atoms with Crippen molar-refractivity contribution in [2.45, 2.75) is 33.4 Å². The molecule has 1 heterocycles. The molecule has 1 amide bonds. The van der Waals surface area contributed by atoms with Crippen molar-refractivity contribution in [2.75, 3.05) is 16.8 Å². The molecule has 0 spiro atoms. The number of carbonyl (C=O) groups excluding carboxylic acids is 1. The van der Waals surface area contributed by atoms with Crippen molar-refractivity contribution in [2.24, 2.45) is 0 Å². The van der Waals surface area contributed by atoms with Crippen LogP contribution in [0.3, 0.4) is 0 Å². The molecule has 0 atom stereocenters. The van der Waals surface area contributed by atoms with Crippen LogP contribution in [0.1, 0.15) is 36.8 Å². The first-order chi connectivity index (χ1) is 14.0. The fourth-order valence-corrected chi connectivity index (χ4v) is 2.98. The van der Waals surface area contributed by atoms with Crippen LogP contribution in [0, 0.1) is 0 Å². The number of nitrogens with one attached hydrogen (secondary N) is 1. The monoisotopic (exact) mass is 389 g/mol. The zero-order valence-electron chi connectivity index (χ0n) is 17.1. The maximum atomic E-state index is 12.5. The third-order valence-corrected chi connectivity index (χ3v) is 4.43. The van der Waals surface area contributed by atoms with E-state index >= 15 is 0 Å². The minimum atomic E-state index is -0.236. The summed E-state index contributed by atoms with van der Waals surface area (Å²) in [5.74, 6) is 0.540. The first-order valence-corrected chi connectivity index (χ1v) is 9.88. The average Bonchev–Trinajstić information content (AvgIpc) is 2.74. The van der Waals surface area contributed by atoms with Gasteiger partial charge < -0.3 is 15.0 Å². The second kappa shape index (κ2) is 9.73. The zero-order valence-corrected chi connectivity index (χ0v) is 17.1. The first kappa shape index (κ1) is 20.4. The molecule has 0 saturated carbocycles. The minimum Gasteiger partial charge on any atom is -0.491 e. The SMILES string of the molecule is CCN(Cc1ccccc1)c1ccc(C(=O)Nc2ccc(OC(C)C)cc2)nc1. The van der Waals surface area contributed by atoms with Gasteiger partial charge in [0.15, 0.2) is 0 Å². The molecule has 0 radical (unpaired) electrons. The molecule has 0 unspecified atom stereocenters. The Morgan fingerprint density at radius 2 is 1.76 bits per heavy atom. The van der Waals surface area contributed by atoms with Gasteiger partial charge in [0.2, 0.25) is 0 Å². The van der Waals surface area contributed by atoms with Gasteiger partial charge in [-0.05, 0) is 62.7 Å². The molecule has 150 valence electrons.